The second-order valence-corrected chi connectivity index (χ2v) is 7.75. The molecule has 80 valence electrons. The van der Waals surface area contributed by atoms with Gasteiger partial charge in [0.1, 0.15) is 0 Å². The van der Waals surface area contributed by atoms with Crippen LogP contribution in [0, 0.1) is 20.8 Å². The van der Waals surface area contributed by atoms with Crippen LogP contribution in [-0.2, 0) is 0 Å². The summed E-state index contributed by atoms with van der Waals surface area (Å²) in [6, 6.07) is 4.07. The fraction of sp³-hybridized carbons (Fsp3) is 0.455. The van der Waals surface area contributed by atoms with E-state index in [9.17, 15) is 4.80 Å². The summed E-state index contributed by atoms with van der Waals surface area (Å²) in [7, 11) is -2.38. The summed E-state index contributed by atoms with van der Waals surface area (Å²) in [5, 5.41) is 1.05. The van der Waals surface area contributed by atoms with E-state index in [4.69, 9.17) is 0 Å². The van der Waals surface area contributed by atoms with Gasteiger partial charge < -0.3 is 21.8 Å². The number of rotatable bonds is 1. The maximum Gasteiger partial charge on any atom is 2.00 e. The van der Waals surface area contributed by atoms with E-state index < -0.39 is 8.32 Å². The van der Waals surface area contributed by atoms with Gasteiger partial charge in [-0.1, -0.05) is 36.0 Å². The normalized spacial score (nSPS) is 10.3. The van der Waals surface area contributed by atoms with Gasteiger partial charge in [0.25, 0.3) is 0 Å². The van der Waals surface area contributed by atoms with Crippen molar-refractivity contribution in [1.29, 1.82) is 0 Å². The Morgan fingerprint density at radius 1 is 1.00 bits per heavy atom. The Morgan fingerprint density at radius 3 is 1.87 bits per heavy atom. The first-order valence-electron chi connectivity index (χ1n) is 4.61. The van der Waals surface area contributed by atoms with Crippen molar-refractivity contribution in [2.24, 2.45) is 0 Å². The molecular weight excluding hydrogens is 280 g/mol. The summed E-state index contributed by atoms with van der Waals surface area (Å²) < 4.78 is 0. The average Bonchev–Trinajstić information content (AvgIpc) is 1.98. The topological polar surface area (TPSA) is 23.1 Å². The molecule has 0 unspecified atom stereocenters. The second-order valence-electron chi connectivity index (χ2n) is 4.19. The van der Waals surface area contributed by atoms with Gasteiger partial charge in [-0.25, -0.2) is 0 Å². The second kappa shape index (κ2) is 6.40. The van der Waals surface area contributed by atoms with Crippen LogP contribution >= 0.6 is 0 Å². The van der Waals surface area contributed by atoms with Crippen LogP contribution in [0.5, 0.6) is 0 Å². The molecule has 0 aliphatic rings. The van der Waals surface area contributed by atoms with Crippen molar-refractivity contribution in [2.45, 2.75) is 33.9 Å². The number of benzene rings is 1. The van der Waals surface area contributed by atoms with Crippen molar-refractivity contribution in [3.05, 3.63) is 28.8 Å². The summed E-state index contributed by atoms with van der Waals surface area (Å²) in [4.78, 5) is 11.9. The van der Waals surface area contributed by atoms with Gasteiger partial charge in [0.05, 0.1) is 0 Å². The van der Waals surface area contributed by atoms with Crippen LogP contribution in [0.25, 0.3) is 0 Å². The summed E-state index contributed by atoms with van der Waals surface area (Å²) in [6.07, 6.45) is 0. The zero-order valence-electron chi connectivity index (χ0n) is 10.1. The molecule has 0 atom stereocenters. The minimum Gasteiger partial charge on any atom is -1.00 e. The molecule has 0 heterocycles. The van der Waals surface area contributed by atoms with Crippen molar-refractivity contribution in [3.63, 3.8) is 0 Å². The van der Waals surface area contributed by atoms with Gasteiger partial charge in [0.15, 0.2) is 0 Å². The number of hydrogen-bond donors (Lipinski definition) is 0. The predicted molar refractivity (Wildman–Crippen MR) is 63.5 cm³/mol. The monoisotopic (exact) mass is 296 g/mol. The fourth-order valence-corrected chi connectivity index (χ4v) is 3.18. The first kappa shape index (κ1) is 18.0. The van der Waals surface area contributed by atoms with Gasteiger partial charge in [0, 0.05) is 0 Å². The van der Waals surface area contributed by atoms with E-state index in [1.807, 2.05) is 19.2 Å². The standard InChI is InChI=1S/C11H17OSi.BrH.Mg/c1-8-6-7-11(13(4,5)12)10(3)9(8)2;;/h6-7H,1-5H3;1H;/q-1;;+2/p-1. The molecule has 0 spiro atoms. The van der Waals surface area contributed by atoms with Crippen LogP contribution in [0.1, 0.15) is 16.7 Å². The van der Waals surface area contributed by atoms with Gasteiger partial charge >= 0.3 is 23.1 Å². The van der Waals surface area contributed by atoms with Crippen LogP contribution in [0.15, 0.2) is 12.1 Å². The van der Waals surface area contributed by atoms with Crippen molar-refractivity contribution < 1.29 is 21.8 Å². The maximum atomic E-state index is 11.9. The average molecular weight is 298 g/mol. The molecule has 0 bridgehead atoms. The van der Waals surface area contributed by atoms with Crippen LogP contribution in [-0.4, -0.2) is 31.4 Å². The molecule has 1 nitrogen and oxygen atoms in total. The third-order valence-corrected chi connectivity index (χ3v) is 4.55. The molecule has 1 rings (SSSR count). The zero-order valence-corrected chi connectivity index (χ0v) is 14.1. The Kier molecular flexibility index (Phi) is 7.68. The third kappa shape index (κ3) is 4.19. The Hall–Kier alpha value is 0.643. The Balaban J connectivity index is 0. The van der Waals surface area contributed by atoms with Gasteiger partial charge in [-0.15, -0.1) is 0 Å². The van der Waals surface area contributed by atoms with Gasteiger partial charge in [-0.05, 0) is 40.2 Å². The van der Waals surface area contributed by atoms with Crippen molar-refractivity contribution in [1.82, 2.24) is 0 Å². The molecule has 0 radical (unpaired) electrons. The number of aryl methyl sites for hydroxylation is 1. The van der Waals surface area contributed by atoms with Crippen molar-refractivity contribution >= 4 is 36.6 Å². The smallest absolute Gasteiger partial charge is 1.00 e. The molecule has 0 saturated heterocycles. The van der Waals surface area contributed by atoms with Gasteiger partial charge in [-0.2, -0.15) is 0 Å². The van der Waals surface area contributed by atoms with E-state index in [0.717, 1.165) is 5.19 Å². The molecular formula is C11H17BrMgOSi. The first-order chi connectivity index (χ1) is 5.84. The molecule has 0 aliphatic heterocycles. The predicted octanol–water partition coefficient (Wildman–Crippen LogP) is -1.99. The number of halogens is 1. The van der Waals surface area contributed by atoms with Gasteiger partial charge in [-0.3, -0.25) is 0 Å². The largest absolute Gasteiger partial charge is 2.00 e. The van der Waals surface area contributed by atoms with Crippen molar-refractivity contribution in [3.8, 4) is 0 Å². The van der Waals surface area contributed by atoms with Crippen molar-refractivity contribution in [2.75, 3.05) is 0 Å². The van der Waals surface area contributed by atoms with E-state index in [2.05, 4.69) is 26.8 Å². The van der Waals surface area contributed by atoms with E-state index in [1.54, 1.807) is 0 Å². The summed E-state index contributed by atoms with van der Waals surface area (Å²) >= 11 is 0. The Labute approximate surface area is 120 Å². The molecule has 4 heteroatoms. The van der Waals surface area contributed by atoms with E-state index in [1.165, 1.54) is 16.7 Å². The van der Waals surface area contributed by atoms with Gasteiger partial charge in [0.2, 0.25) is 0 Å². The number of hydrogen-bond acceptors (Lipinski definition) is 1. The maximum absolute atomic E-state index is 11.9. The molecule has 15 heavy (non-hydrogen) atoms. The molecule has 0 aromatic heterocycles. The van der Waals surface area contributed by atoms with E-state index in [0.29, 0.717) is 0 Å². The first-order valence-corrected chi connectivity index (χ1v) is 7.52. The summed E-state index contributed by atoms with van der Waals surface area (Å²) in [6.45, 7) is 9.94. The van der Waals surface area contributed by atoms with E-state index in [-0.39, 0.29) is 40.0 Å². The zero-order chi connectivity index (χ0) is 10.2. The third-order valence-electron chi connectivity index (χ3n) is 2.71. The summed E-state index contributed by atoms with van der Waals surface area (Å²) in [5.41, 5.74) is 3.75. The molecule has 1 aromatic rings. The molecule has 1 aromatic carbocycles. The van der Waals surface area contributed by atoms with E-state index >= 15 is 0 Å². The molecule has 0 amide bonds. The van der Waals surface area contributed by atoms with Crippen LogP contribution in [0.3, 0.4) is 0 Å². The molecule has 0 saturated carbocycles. The molecule has 0 N–H and O–H groups in total. The summed E-state index contributed by atoms with van der Waals surface area (Å²) in [5.74, 6) is 0. The Bertz CT molecular complexity index is 334. The minimum absolute atomic E-state index is 0. The minimum atomic E-state index is -2.38. The van der Waals surface area contributed by atoms with Crippen LogP contribution in [0.2, 0.25) is 13.1 Å². The molecule has 0 fully saturated rings. The SMILES string of the molecule is Cc1ccc([Si](C)(C)[O-])c(C)c1C.[Br-].[Mg+2]. The Morgan fingerprint density at radius 2 is 1.47 bits per heavy atom. The van der Waals surface area contributed by atoms with Crippen LogP contribution in [0.4, 0.5) is 0 Å². The quantitative estimate of drug-likeness (QED) is 0.550. The van der Waals surface area contributed by atoms with Crippen LogP contribution < -0.4 is 27.0 Å². The molecule has 0 aliphatic carbocycles. The fourth-order valence-electron chi connectivity index (χ4n) is 1.61.